The molecule has 3 nitrogen and oxygen atoms in total. The number of rotatable bonds is 4. The number of pyridine rings is 1. The normalized spacial score (nSPS) is 12.1. The van der Waals surface area contributed by atoms with Crippen molar-refractivity contribution in [1.29, 1.82) is 0 Å². The number of nitrogens with zero attached hydrogens (tertiary/aromatic N) is 1. The number of aliphatic carboxylic acids is 1. The summed E-state index contributed by atoms with van der Waals surface area (Å²) in [6.07, 6.45) is 1.96. The van der Waals surface area contributed by atoms with Crippen LogP contribution in [0.1, 0.15) is 17.2 Å². The van der Waals surface area contributed by atoms with E-state index in [1.54, 1.807) is 36.5 Å². The van der Waals surface area contributed by atoms with Crippen LogP contribution in [0.15, 0.2) is 42.6 Å². The Morgan fingerprint density at radius 1 is 1.21 bits per heavy atom. The first-order chi connectivity index (χ1) is 9.08. The summed E-state index contributed by atoms with van der Waals surface area (Å²) in [4.78, 5) is 15.5. The minimum atomic E-state index is -0.913. The van der Waals surface area contributed by atoms with Gasteiger partial charge in [-0.3, -0.25) is 9.78 Å². The van der Waals surface area contributed by atoms with Crippen molar-refractivity contribution >= 4 is 29.2 Å². The van der Waals surface area contributed by atoms with Gasteiger partial charge < -0.3 is 5.11 Å². The maximum atomic E-state index is 11.4. The van der Waals surface area contributed by atoms with Gasteiger partial charge >= 0.3 is 5.97 Å². The highest BCUT2D eigenvalue weighted by molar-refractivity contribution is 6.42. The fourth-order valence-corrected chi connectivity index (χ4v) is 2.11. The van der Waals surface area contributed by atoms with Crippen molar-refractivity contribution in [3.05, 3.63) is 63.9 Å². The van der Waals surface area contributed by atoms with Crippen molar-refractivity contribution < 1.29 is 9.90 Å². The first-order valence-corrected chi connectivity index (χ1v) is 6.41. The largest absolute Gasteiger partial charge is 0.481 e. The summed E-state index contributed by atoms with van der Waals surface area (Å²) in [7, 11) is 0. The predicted octanol–water partition coefficient (Wildman–Crippen LogP) is 3.80. The summed E-state index contributed by atoms with van der Waals surface area (Å²) in [6, 6.07) is 10.3. The van der Waals surface area contributed by atoms with Crippen LogP contribution in [0, 0.1) is 0 Å². The summed E-state index contributed by atoms with van der Waals surface area (Å²) < 4.78 is 0. The van der Waals surface area contributed by atoms with Gasteiger partial charge in [-0.2, -0.15) is 0 Å². The Labute approximate surface area is 120 Å². The van der Waals surface area contributed by atoms with E-state index in [-0.39, 0.29) is 0 Å². The summed E-state index contributed by atoms with van der Waals surface area (Å²) in [5.41, 5.74) is 1.34. The smallest absolute Gasteiger partial charge is 0.311 e. The summed E-state index contributed by atoms with van der Waals surface area (Å²) in [5.74, 6) is -1.60. The van der Waals surface area contributed by atoms with Gasteiger partial charge in [-0.25, -0.2) is 0 Å². The number of benzene rings is 1. The van der Waals surface area contributed by atoms with Gasteiger partial charge in [0.25, 0.3) is 0 Å². The molecule has 0 aliphatic heterocycles. The number of hydrogen-bond acceptors (Lipinski definition) is 2. The molecule has 0 spiro atoms. The molecule has 2 aromatic rings. The molecule has 1 aromatic heterocycles. The summed E-state index contributed by atoms with van der Waals surface area (Å²) in [5, 5.41) is 10.1. The molecule has 1 heterocycles. The molecule has 5 heteroatoms. The van der Waals surface area contributed by atoms with Gasteiger partial charge in [0.1, 0.15) is 0 Å². The summed E-state index contributed by atoms with van der Waals surface area (Å²) >= 11 is 11.8. The fraction of sp³-hybridized carbons (Fsp3) is 0.143. The van der Waals surface area contributed by atoms with Gasteiger partial charge in [0, 0.05) is 18.3 Å². The second-order valence-corrected chi connectivity index (χ2v) is 4.90. The second-order valence-electron chi connectivity index (χ2n) is 4.09. The van der Waals surface area contributed by atoms with E-state index in [9.17, 15) is 9.90 Å². The lowest BCUT2D eigenvalue weighted by atomic mass is 9.94. The van der Waals surface area contributed by atoms with Crippen molar-refractivity contribution in [2.45, 2.75) is 12.3 Å². The molecule has 19 heavy (non-hydrogen) atoms. The third-order valence-corrected chi connectivity index (χ3v) is 3.52. The van der Waals surface area contributed by atoms with Crippen LogP contribution in [0.2, 0.25) is 10.0 Å². The van der Waals surface area contributed by atoms with Crippen LogP contribution in [-0.2, 0) is 11.2 Å². The lowest BCUT2D eigenvalue weighted by Crippen LogP contribution is -2.15. The molecule has 1 unspecified atom stereocenters. The van der Waals surface area contributed by atoms with E-state index >= 15 is 0 Å². The van der Waals surface area contributed by atoms with E-state index in [0.717, 1.165) is 5.69 Å². The highest BCUT2D eigenvalue weighted by Gasteiger charge is 2.21. The monoisotopic (exact) mass is 295 g/mol. The van der Waals surface area contributed by atoms with Gasteiger partial charge in [0.05, 0.1) is 16.0 Å². The minimum Gasteiger partial charge on any atom is -0.481 e. The average molecular weight is 296 g/mol. The second kappa shape index (κ2) is 6.04. The minimum absolute atomic E-state index is 0.314. The Morgan fingerprint density at radius 3 is 2.58 bits per heavy atom. The molecule has 1 aromatic carbocycles. The number of carbonyl (C=O) groups is 1. The van der Waals surface area contributed by atoms with E-state index in [2.05, 4.69) is 4.98 Å². The Morgan fingerprint density at radius 2 is 2.00 bits per heavy atom. The topological polar surface area (TPSA) is 50.2 Å². The van der Waals surface area contributed by atoms with Crippen LogP contribution < -0.4 is 0 Å². The Hall–Kier alpha value is -1.58. The molecule has 0 saturated carbocycles. The number of halogens is 2. The highest BCUT2D eigenvalue weighted by atomic mass is 35.5. The maximum Gasteiger partial charge on any atom is 0.311 e. The van der Waals surface area contributed by atoms with E-state index in [1.807, 2.05) is 6.07 Å². The van der Waals surface area contributed by atoms with Crippen LogP contribution in [0.4, 0.5) is 0 Å². The zero-order chi connectivity index (χ0) is 13.8. The molecule has 0 saturated heterocycles. The van der Waals surface area contributed by atoms with Crippen LogP contribution in [0.3, 0.4) is 0 Å². The highest BCUT2D eigenvalue weighted by Crippen LogP contribution is 2.28. The molecule has 0 radical (unpaired) electrons. The first-order valence-electron chi connectivity index (χ1n) is 5.65. The third kappa shape index (κ3) is 3.46. The van der Waals surface area contributed by atoms with Crippen LogP contribution in [0.5, 0.6) is 0 Å². The van der Waals surface area contributed by atoms with Crippen molar-refractivity contribution in [1.82, 2.24) is 4.98 Å². The van der Waals surface area contributed by atoms with E-state index in [4.69, 9.17) is 23.2 Å². The van der Waals surface area contributed by atoms with Crippen molar-refractivity contribution in [3.63, 3.8) is 0 Å². The van der Waals surface area contributed by atoms with Crippen molar-refractivity contribution in [3.8, 4) is 0 Å². The molecule has 0 bridgehead atoms. The van der Waals surface area contributed by atoms with Gasteiger partial charge in [0.15, 0.2) is 0 Å². The molecule has 0 amide bonds. The quantitative estimate of drug-likeness (QED) is 0.933. The summed E-state index contributed by atoms with van der Waals surface area (Å²) in [6.45, 7) is 0. The zero-order valence-electron chi connectivity index (χ0n) is 9.88. The number of carboxylic acids is 1. The molecule has 0 fully saturated rings. The van der Waals surface area contributed by atoms with Gasteiger partial charge in [-0.1, -0.05) is 35.3 Å². The molecule has 0 aliphatic carbocycles. The van der Waals surface area contributed by atoms with Gasteiger partial charge in [-0.15, -0.1) is 0 Å². The van der Waals surface area contributed by atoms with Crippen LogP contribution in [-0.4, -0.2) is 16.1 Å². The van der Waals surface area contributed by atoms with Crippen LogP contribution >= 0.6 is 23.2 Å². The Bertz CT molecular complexity index is 587. The molecule has 98 valence electrons. The van der Waals surface area contributed by atoms with Crippen molar-refractivity contribution in [2.75, 3.05) is 0 Å². The molecule has 2 rings (SSSR count). The van der Waals surface area contributed by atoms with Gasteiger partial charge in [0.2, 0.25) is 0 Å². The van der Waals surface area contributed by atoms with Gasteiger partial charge in [-0.05, 0) is 29.8 Å². The lowest BCUT2D eigenvalue weighted by molar-refractivity contribution is -0.138. The number of hydrogen-bond donors (Lipinski definition) is 1. The zero-order valence-corrected chi connectivity index (χ0v) is 11.4. The molecule has 0 aliphatic rings. The number of aromatic nitrogens is 1. The number of carboxylic acid groups (broad SMARTS) is 1. The SMILES string of the molecule is O=C(O)C(Cc1ccccn1)c1ccc(Cl)c(Cl)c1. The fourth-order valence-electron chi connectivity index (χ4n) is 1.80. The molecule has 1 N–H and O–H groups in total. The van der Waals surface area contributed by atoms with Crippen LogP contribution in [0.25, 0.3) is 0 Å². The molecule has 1 atom stereocenters. The first kappa shape index (κ1) is 13.8. The molecular weight excluding hydrogens is 285 g/mol. The van der Waals surface area contributed by atoms with E-state index in [1.165, 1.54) is 0 Å². The molecular formula is C14H11Cl2NO2. The lowest BCUT2D eigenvalue weighted by Gasteiger charge is -2.13. The van der Waals surface area contributed by atoms with E-state index < -0.39 is 11.9 Å². The average Bonchev–Trinajstić information content (AvgIpc) is 2.40. The standard InChI is InChI=1S/C14H11Cl2NO2/c15-12-5-4-9(7-13(12)16)11(14(18)19)8-10-3-1-2-6-17-10/h1-7,11H,8H2,(H,18,19). The van der Waals surface area contributed by atoms with E-state index in [0.29, 0.717) is 22.0 Å². The maximum absolute atomic E-state index is 11.4. The Balaban J connectivity index is 2.30. The van der Waals surface area contributed by atoms with Crippen molar-refractivity contribution in [2.24, 2.45) is 0 Å². The third-order valence-electron chi connectivity index (χ3n) is 2.78. The predicted molar refractivity (Wildman–Crippen MR) is 74.8 cm³/mol. The Kier molecular flexibility index (Phi) is 4.40.